The van der Waals surface area contributed by atoms with Gasteiger partial charge in [-0.05, 0) is 37.5 Å². The van der Waals surface area contributed by atoms with Crippen molar-refractivity contribution in [3.05, 3.63) is 29.8 Å². The van der Waals surface area contributed by atoms with Crippen LogP contribution in [0.4, 0.5) is 0 Å². The SMILES string of the molecule is CC(CCc1ccc(O)cc1)NC(=O)CCl. The van der Waals surface area contributed by atoms with Crippen LogP contribution in [0.5, 0.6) is 5.75 Å². The van der Waals surface area contributed by atoms with E-state index in [9.17, 15) is 4.79 Å². The molecular weight excluding hydrogens is 226 g/mol. The van der Waals surface area contributed by atoms with Crippen LogP contribution in [0, 0.1) is 0 Å². The molecule has 0 bridgehead atoms. The Balaban J connectivity index is 2.34. The molecule has 0 aliphatic rings. The van der Waals surface area contributed by atoms with E-state index in [4.69, 9.17) is 16.7 Å². The second-order valence-electron chi connectivity index (χ2n) is 3.81. The first kappa shape index (κ1) is 12.8. The van der Waals surface area contributed by atoms with Crippen molar-refractivity contribution >= 4 is 17.5 Å². The summed E-state index contributed by atoms with van der Waals surface area (Å²) < 4.78 is 0. The van der Waals surface area contributed by atoms with Gasteiger partial charge < -0.3 is 10.4 Å². The number of nitrogens with one attached hydrogen (secondary N) is 1. The maximum absolute atomic E-state index is 11.0. The van der Waals surface area contributed by atoms with Gasteiger partial charge in [0.15, 0.2) is 0 Å². The van der Waals surface area contributed by atoms with E-state index < -0.39 is 0 Å². The molecule has 1 atom stereocenters. The predicted octanol–water partition coefficient (Wildman–Crippen LogP) is 2.07. The molecule has 0 radical (unpaired) electrons. The Labute approximate surface area is 100 Å². The topological polar surface area (TPSA) is 49.3 Å². The van der Waals surface area contributed by atoms with Gasteiger partial charge in [0, 0.05) is 6.04 Å². The average molecular weight is 242 g/mol. The summed E-state index contributed by atoms with van der Waals surface area (Å²) in [5.41, 5.74) is 1.14. The molecule has 1 rings (SSSR count). The second-order valence-corrected chi connectivity index (χ2v) is 4.07. The fourth-order valence-electron chi connectivity index (χ4n) is 1.43. The van der Waals surface area contributed by atoms with Crippen LogP contribution in [-0.4, -0.2) is 22.9 Å². The van der Waals surface area contributed by atoms with Crippen LogP contribution < -0.4 is 5.32 Å². The predicted molar refractivity (Wildman–Crippen MR) is 64.8 cm³/mol. The highest BCUT2D eigenvalue weighted by Crippen LogP contribution is 2.11. The fraction of sp³-hybridized carbons (Fsp3) is 0.417. The number of halogens is 1. The second kappa shape index (κ2) is 6.38. The normalized spacial score (nSPS) is 12.1. The molecule has 4 heteroatoms. The van der Waals surface area contributed by atoms with Crippen molar-refractivity contribution in [3.63, 3.8) is 0 Å². The molecule has 1 amide bonds. The maximum Gasteiger partial charge on any atom is 0.235 e. The van der Waals surface area contributed by atoms with Crippen molar-refractivity contribution in [2.75, 3.05) is 5.88 Å². The number of phenols is 1. The number of aryl methyl sites for hydroxylation is 1. The number of amides is 1. The van der Waals surface area contributed by atoms with E-state index in [1.165, 1.54) is 0 Å². The molecule has 16 heavy (non-hydrogen) atoms. The average Bonchev–Trinajstić information content (AvgIpc) is 2.28. The summed E-state index contributed by atoms with van der Waals surface area (Å²) in [5.74, 6) is 0.135. The molecule has 0 heterocycles. The van der Waals surface area contributed by atoms with E-state index in [1.807, 2.05) is 19.1 Å². The van der Waals surface area contributed by atoms with Crippen LogP contribution in [-0.2, 0) is 11.2 Å². The van der Waals surface area contributed by atoms with Crippen molar-refractivity contribution < 1.29 is 9.90 Å². The molecule has 1 aromatic rings. The maximum atomic E-state index is 11.0. The largest absolute Gasteiger partial charge is 0.508 e. The Kier molecular flexibility index (Phi) is 5.12. The van der Waals surface area contributed by atoms with Crippen molar-refractivity contribution in [1.82, 2.24) is 5.32 Å². The zero-order chi connectivity index (χ0) is 12.0. The van der Waals surface area contributed by atoms with Gasteiger partial charge in [-0.1, -0.05) is 12.1 Å². The van der Waals surface area contributed by atoms with Crippen molar-refractivity contribution in [2.24, 2.45) is 0 Å². The molecule has 0 aromatic heterocycles. The molecule has 1 unspecified atom stereocenters. The summed E-state index contributed by atoms with van der Waals surface area (Å²) in [4.78, 5) is 11.0. The standard InChI is InChI=1S/C12H16ClNO2/c1-9(14-12(16)8-13)2-3-10-4-6-11(15)7-5-10/h4-7,9,15H,2-3,8H2,1H3,(H,14,16). The van der Waals surface area contributed by atoms with Gasteiger partial charge in [-0.25, -0.2) is 0 Å². The zero-order valence-electron chi connectivity index (χ0n) is 9.24. The Hall–Kier alpha value is -1.22. The lowest BCUT2D eigenvalue weighted by Gasteiger charge is -2.12. The first-order chi connectivity index (χ1) is 7.61. The Bertz CT molecular complexity index is 337. The first-order valence-electron chi connectivity index (χ1n) is 5.25. The van der Waals surface area contributed by atoms with Crippen LogP contribution >= 0.6 is 11.6 Å². The number of alkyl halides is 1. The molecule has 3 nitrogen and oxygen atoms in total. The van der Waals surface area contributed by atoms with E-state index in [0.29, 0.717) is 0 Å². The van der Waals surface area contributed by atoms with E-state index in [1.54, 1.807) is 12.1 Å². The van der Waals surface area contributed by atoms with Gasteiger partial charge in [-0.15, -0.1) is 11.6 Å². The minimum Gasteiger partial charge on any atom is -0.508 e. The molecule has 0 fully saturated rings. The van der Waals surface area contributed by atoms with E-state index in [0.717, 1.165) is 18.4 Å². The Morgan fingerprint density at radius 2 is 2.06 bits per heavy atom. The van der Waals surface area contributed by atoms with Gasteiger partial charge in [0.05, 0.1) is 0 Å². The van der Waals surface area contributed by atoms with Gasteiger partial charge in [0.25, 0.3) is 0 Å². The van der Waals surface area contributed by atoms with E-state index in [2.05, 4.69) is 5.32 Å². The lowest BCUT2D eigenvalue weighted by molar-refractivity contribution is -0.119. The molecule has 2 N–H and O–H groups in total. The van der Waals surface area contributed by atoms with Gasteiger partial charge in [-0.3, -0.25) is 4.79 Å². The first-order valence-corrected chi connectivity index (χ1v) is 5.78. The van der Waals surface area contributed by atoms with Crippen LogP contribution in [0.3, 0.4) is 0 Å². The quantitative estimate of drug-likeness (QED) is 0.776. The molecule has 0 aliphatic carbocycles. The zero-order valence-corrected chi connectivity index (χ0v) is 10.00. The summed E-state index contributed by atoms with van der Waals surface area (Å²) in [6, 6.07) is 7.20. The summed E-state index contributed by atoms with van der Waals surface area (Å²) in [5, 5.41) is 11.9. The number of carbonyl (C=O) groups is 1. The molecular formula is C12H16ClNO2. The van der Waals surface area contributed by atoms with E-state index in [-0.39, 0.29) is 23.6 Å². The molecule has 0 spiro atoms. The highest BCUT2D eigenvalue weighted by Gasteiger charge is 2.05. The lowest BCUT2D eigenvalue weighted by Crippen LogP contribution is -2.33. The van der Waals surface area contributed by atoms with Crippen LogP contribution in [0.1, 0.15) is 18.9 Å². The number of phenolic OH excluding ortho intramolecular Hbond substituents is 1. The molecule has 88 valence electrons. The highest BCUT2D eigenvalue weighted by atomic mass is 35.5. The third-order valence-corrected chi connectivity index (χ3v) is 2.57. The van der Waals surface area contributed by atoms with Gasteiger partial charge >= 0.3 is 0 Å². The number of hydrogen-bond donors (Lipinski definition) is 2. The van der Waals surface area contributed by atoms with Gasteiger partial charge in [-0.2, -0.15) is 0 Å². The summed E-state index contributed by atoms with van der Waals surface area (Å²) in [7, 11) is 0. The van der Waals surface area contributed by atoms with Gasteiger partial charge in [0.1, 0.15) is 11.6 Å². The third kappa shape index (κ3) is 4.53. The lowest BCUT2D eigenvalue weighted by atomic mass is 10.1. The summed E-state index contributed by atoms with van der Waals surface area (Å²) >= 11 is 5.39. The number of rotatable bonds is 5. The number of hydrogen-bond acceptors (Lipinski definition) is 2. The van der Waals surface area contributed by atoms with Crippen molar-refractivity contribution in [3.8, 4) is 5.75 Å². The summed E-state index contributed by atoms with van der Waals surface area (Å²) in [6.07, 6.45) is 1.72. The Morgan fingerprint density at radius 3 is 2.62 bits per heavy atom. The fourth-order valence-corrected chi connectivity index (χ4v) is 1.51. The van der Waals surface area contributed by atoms with Crippen molar-refractivity contribution in [2.45, 2.75) is 25.8 Å². The van der Waals surface area contributed by atoms with E-state index >= 15 is 0 Å². The number of carbonyl (C=O) groups excluding carboxylic acids is 1. The van der Waals surface area contributed by atoms with Crippen molar-refractivity contribution in [1.29, 1.82) is 0 Å². The van der Waals surface area contributed by atoms with Crippen LogP contribution in [0.25, 0.3) is 0 Å². The number of aromatic hydroxyl groups is 1. The minimum atomic E-state index is -0.139. The highest BCUT2D eigenvalue weighted by molar-refractivity contribution is 6.27. The molecule has 0 aliphatic heterocycles. The minimum absolute atomic E-state index is 0.00352. The third-order valence-electron chi connectivity index (χ3n) is 2.33. The van der Waals surface area contributed by atoms with Crippen LogP contribution in [0.15, 0.2) is 24.3 Å². The smallest absolute Gasteiger partial charge is 0.235 e. The summed E-state index contributed by atoms with van der Waals surface area (Å²) in [6.45, 7) is 1.95. The van der Waals surface area contributed by atoms with Crippen LogP contribution in [0.2, 0.25) is 0 Å². The number of benzene rings is 1. The van der Waals surface area contributed by atoms with Gasteiger partial charge in [0.2, 0.25) is 5.91 Å². The monoisotopic (exact) mass is 241 g/mol. The molecule has 1 aromatic carbocycles. The Morgan fingerprint density at radius 1 is 1.44 bits per heavy atom. The molecule has 0 saturated carbocycles. The molecule has 0 saturated heterocycles.